The van der Waals surface area contributed by atoms with Gasteiger partial charge < -0.3 is 10.1 Å². The topological polar surface area (TPSA) is 79.2 Å². The fourth-order valence-electron chi connectivity index (χ4n) is 2.15. The van der Waals surface area contributed by atoms with Gasteiger partial charge in [0.25, 0.3) is 5.91 Å². The van der Waals surface area contributed by atoms with Gasteiger partial charge in [0.15, 0.2) is 6.61 Å². The number of hydrogen-bond acceptors (Lipinski definition) is 5. The van der Waals surface area contributed by atoms with Crippen molar-refractivity contribution in [2.75, 3.05) is 18.9 Å². The van der Waals surface area contributed by atoms with Crippen molar-refractivity contribution in [2.45, 2.75) is 5.75 Å². The summed E-state index contributed by atoms with van der Waals surface area (Å²) in [6.07, 6.45) is 0. The maximum Gasteiger partial charge on any atom is 0.343 e. The number of ether oxygens (including phenoxy) is 1. The Morgan fingerprint density at radius 2 is 2.00 bits per heavy atom. The summed E-state index contributed by atoms with van der Waals surface area (Å²) in [5.74, 6) is -1.01. The van der Waals surface area contributed by atoms with E-state index in [-0.39, 0.29) is 5.02 Å². The van der Waals surface area contributed by atoms with Crippen LogP contribution in [0.2, 0.25) is 5.02 Å². The summed E-state index contributed by atoms with van der Waals surface area (Å²) >= 11 is 7.33. The Morgan fingerprint density at radius 3 is 2.74 bits per heavy atom. The van der Waals surface area contributed by atoms with Crippen molar-refractivity contribution in [3.63, 3.8) is 0 Å². The van der Waals surface area contributed by atoms with Crippen molar-refractivity contribution < 1.29 is 18.7 Å². The van der Waals surface area contributed by atoms with Crippen LogP contribution < -0.4 is 5.32 Å². The molecule has 2 aromatic carbocycles. The highest BCUT2D eigenvalue weighted by molar-refractivity contribution is 7.98. The van der Waals surface area contributed by atoms with Crippen LogP contribution >= 0.6 is 23.4 Å². The highest BCUT2D eigenvalue weighted by Crippen LogP contribution is 2.19. The molecule has 0 saturated carbocycles. The van der Waals surface area contributed by atoms with Crippen molar-refractivity contribution in [3.8, 4) is 6.07 Å². The summed E-state index contributed by atoms with van der Waals surface area (Å²) in [5, 5.41) is 11.6. The Kier molecular flexibility index (Phi) is 8.11. The lowest BCUT2D eigenvalue weighted by molar-refractivity contribution is -0.124. The minimum Gasteiger partial charge on any atom is -0.452 e. The van der Waals surface area contributed by atoms with E-state index in [4.69, 9.17) is 21.6 Å². The molecular formula is C19H16ClFN2O3S. The summed E-state index contributed by atoms with van der Waals surface area (Å²) in [7, 11) is 0. The molecule has 140 valence electrons. The molecule has 5 nitrogen and oxygen atoms in total. The fourth-order valence-corrected chi connectivity index (χ4v) is 3.25. The third kappa shape index (κ3) is 6.27. The van der Waals surface area contributed by atoms with E-state index in [9.17, 15) is 14.0 Å². The first-order valence-corrected chi connectivity index (χ1v) is 9.49. The van der Waals surface area contributed by atoms with E-state index in [0.29, 0.717) is 23.6 Å². The summed E-state index contributed by atoms with van der Waals surface area (Å²) in [6, 6.07) is 13.3. The first-order chi connectivity index (χ1) is 13.0. The van der Waals surface area contributed by atoms with E-state index in [2.05, 4.69) is 11.4 Å². The second kappa shape index (κ2) is 10.6. The van der Waals surface area contributed by atoms with Crippen LogP contribution in [0, 0.1) is 17.1 Å². The number of nitrogens with zero attached hydrogens (tertiary/aromatic N) is 1. The van der Waals surface area contributed by atoms with E-state index < -0.39 is 29.9 Å². The van der Waals surface area contributed by atoms with E-state index in [0.717, 1.165) is 11.6 Å². The Morgan fingerprint density at radius 1 is 1.22 bits per heavy atom. The zero-order valence-electron chi connectivity index (χ0n) is 14.2. The fraction of sp³-hybridized carbons (Fsp3) is 0.211. The monoisotopic (exact) mass is 406 g/mol. The summed E-state index contributed by atoms with van der Waals surface area (Å²) < 4.78 is 18.4. The average Bonchev–Trinajstić information content (AvgIpc) is 2.66. The number of esters is 1. The van der Waals surface area contributed by atoms with Gasteiger partial charge in [-0.25, -0.2) is 9.18 Å². The maximum atomic E-state index is 13.6. The van der Waals surface area contributed by atoms with E-state index in [1.807, 2.05) is 18.2 Å². The number of rotatable bonds is 8. The molecule has 0 aromatic heterocycles. The minimum absolute atomic E-state index is 0.0746. The zero-order chi connectivity index (χ0) is 19.6. The molecule has 0 radical (unpaired) electrons. The Hall–Kier alpha value is -2.56. The molecule has 0 unspecified atom stereocenters. The van der Waals surface area contributed by atoms with Gasteiger partial charge >= 0.3 is 5.97 Å². The van der Waals surface area contributed by atoms with Crippen molar-refractivity contribution in [1.29, 1.82) is 5.26 Å². The molecular weight excluding hydrogens is 391 g/mol. The van der Waals surface area contributed by atoms with Crippen molar-refractivity contribution in [1.82, 2.24) is 5.32 Å². The van der Waals surface area contributed by atoms with Gasteiger partial charge in [0.2, 0.25) is 0 Å². The van der Waals surface area contributed by atoms with Gasteiger partial charge in [-0.1, -0.05) is 35.9 Å². The Labute approximate surface area is 165 Å². The van der Waals surface area contributed by atoms with Gasteiger partial charge in [0.1, 0.15) is 11.4 Å². The molecule has 1 N–H and O–H groups in total. The molecule has 0 spiro atoms. The van der Waals surface area contributed by atoms with Crippen LogP contribution in [-0.2, 0) is 15.3 Å². The molecule has 0 aliphatic carbocycles. The van der Waals surface area contributed by atoms with Gasteiger partial charge in [0.05, 0.1) is 16.7 Å². The lowest BCUT2D eigenvalue weighted by Gasteiger charge is -2.08. The van der Waals surface area contributed by atoms with E-state index in [1.54, 1.807) is 17.8 Å². The van der Waals surface area contributed by atoms with Gasteiger partial charge in [-0.05, 0) is 23.8 Å². The average molecular weight is 407 g/mol. The molecule has 2 aromatic rings. The largest absolute Gasteiger partial charge is 0.452 e. The predicted molar refractivity (Wildman–Crippen MR) is 102 cm³/mol. The van der Waals surface area contributed by atoms with E-state index in [1.165, 1.54) is 12.1 Å². The quantitative estimate of drug-likeness (QED) is 0.535. The lowest BCUT2D eigenvalue weighted by Crippen LogP contribution is -2.30. The summed E-state index contributed by atoms with van der Waals surface area (Å²) in [5.41, 5.74) is 1.18. The molecule has 0 saturated heterocycles. The highest BCUT2D eigenvalue weighted by atomic mass is 35.5. The van der Waals surface area contributed by atoms with E-state index >= 15 is 0 Å². The standard InChI is InChI=1S/C19H16ClFN2O3S/c20-15-6-3-7-16(21)18(15)19(25)26-11-17(24)23-8-9-27-12-14-5-2-1-4-13(14)10-22/h1-7H,8-9,11-12H2,(H,23,24). The number of carbonyl (C=O) groups is 2. The SMILES string of the molecule is N#Cc1ccccc1CSCCNC(=O)COC(=O)c1c(F)cccc1Cl. The van der Waals surface area contributed by atoms with Crippen LogP contribution in [0.5, 0.6) is 0 Å². The Bertz CT molecular complexity index is 850. The zero-order valence-corrected chi connectivity index (χ0v) is 15.8. The highest BCUT2D eigenvalue weighted by Gasteiger charge is 2.18. The smallest absolute Gasteiger partial charge is 0.343 e. The van der Waals surface area contributed by atoms with Gasteiger partial charge in [0, 0.05) is 18.1 Å². The molecule has 0 atom stereocenters. The molecule has 0 fully saturated rings. The second-order valence-electron chi connectivity index (χ2n) is 5.34. The van der Waals surface area contributed by atoms with Crippen LogP contribution in [0.1, 0.15) is 21.5 Å². The number of hydrogen-bond donors (Lipinski definition) is 1. The number of amides is 1. The van der Waals surface area contributed by atoms with Crippen LogP contribution in [0.3, 0.4) is 0 Å². The predicted octanol–water partition coefficient (Wildman–Crippen LogP) is 3.56. The van der Waals surface area contributed by atoms with Gasteiger partial charge in [-0.15, -0.1) is 0 Å². The third-order valence-electron chi connectivity index (χ3n) is 3.47. The van der Waals surface area contributed by atoms with Gasteiger partial charge in [-0.2, -0.15) is 17.0 Å². The van der Waals surface area contributed by atoms with Crippen LogP contribution in [0.4, 0.5) is 4.39 Å². The van der Waals surface area contributed by atoms with Crippen LogP contribution in [0.25, 0.3) is 0 Å². The first-order valence-electron chi connectivity index (χ1n) is 7.96. The summed E-state index contributed by atoms with van der Waals surface area (Å²) in [6.45, 7) is -0.151. The molecule has 0 aliphatic rings. The summed E-state index contributed by atoms with van der Waals surface area (Å²) in [4.78, 5) is 23.5. The minimum atomic E-state index is -0.990. The number of thioether (sulfide) groups is 1. The lowest BCUT2D eigenvalue weighted by atomic mass is 10.1. The van der Waals surface area contributed by atoms with Crippen molar-refractivity contribution >= 4 is 35.2 Å². The molecule has 0 bridgehead atoms. The number of carbonyl (C=O) groups excluding carboxylic acids is 2. The van der Waals surface area contributed by atoms with Crippen molar-refractivity contribution in [3.05, 3.63) is 70.0 Å². The number of nitriles is 1. The molecule has 2 rings (SSSR count). The number of benzene rings is 2. The maximum absolute atomic E-state index is 13.6. The van der Waals surface area contributed by atoms with Gasteiger partial charge in [-0.3, -0.25) is 4.79 Å². The van der Waals surface area contributed by atoms with Crippen molar-refractivity contribution in [2.24, 2.45) is 0 Å². The molecule has 8 heteroatoms. The molecule has 27 heavy (non-hydrogen) atoms. The third-order valence-corrected chi connectivity index (χ3v) is 4.79. The van der Waals surface area contributed by atoms with Crippen LogP contribution in [-0.4, -0.2) is 30.8 Å². The molecule has 0 aliphatic heterocycles. The Balaban J connectivity index is 1.68. The molecule has 1 amide bonds. The van der Waals surface area contributed by atoms with Crippen LogP contribution in [0.15, 0.2) is 42.5 Å². The first kappa shape index (κ1) is 20.7. The number of nitrogens with one attached hydrogen (secondary N) is 1. The molecule has 0 heterocycles. The second-order valence-corrected chi connectivity index (χ2v) is 6.86. The number of halogens is 2. The normalized spacial score (nSPS) is 10.1.